The molecule has 0 bridgehead atoms. The smallest absolute Gasteiger partial charge is 0.251 e. The highest BCUT2D eigenvalue weighted by molar-refractivity contribution is 9.10. The Morgan fingerprint density at radius 3 is 2.95 bits per heavy atom. The van der Waals surface area contributed by atoms with Crippen LogP contribution in [0, 0.1) is 0 Å². The summed E-state index contributed by atoms with van der Waals surface area (Å²) in [7, 11) is 0. The van der Waals surface area contributed by atoms with Crippen LogP contribution in [-0.2, 0) is 0 Å². The Morgan fingerprint density at radius 1 is 1.45 bits per heavy atom. The van der Waals surface area contributed by atoms with E-state index in [1.165, 1.54) is 29.6 Å². The van der Waals surface area contributed by atoms with Gasteiger partial charge in [0.15, 0.2) is 5.16 Å². The predicted molar refractivity (Wildman–Crippen MR) is 85.2 cm³/mol. The second-order valence-electron chi connectivity index (χ2n) is 4.30. The molecule has 0 fully saturated rings. The monoisotopic (exact) mass is 353 g/mol. The van der Waals surface area contributed by atoms with Gasteiger partial charge in [-0.05, 0) is 31.2 Å². The van der Waals surface area contributed by atoms with Crippen LogP contribution < -0.4 is 10.9 Å². The molecule has 2 aromatic rings. The van der Waals surface area contributed by atoms with E-state index in [1.54, 1.807) is 0 Å². The number of rotatable bonds is 5. The molecule has 1 atom stereocenters. The summed E-state index contributed by atoms with van der Waals surface area (Å²) in [5, 5.41) is 4.00. The molecule has 2 N–H and O–H groups in total. The lowest BCUT2D eigenvalue weighted by Gasteiger charge is -2.17. The molecular formula is C14H16BrN3OS. The number of aromatic nitrogens is 2. The van der Waals surface area contributed by atoms with Crippen LogP contribution in [0.3, 0.4) is 0 Å². The van der Waals surface area contributed by atoms with E-state index in [4.69, 9.17) is 0 Å². The molecular weight excluding hydrogens is 338 g/mol. The molecule has 20 heavy (non-hydrogen) atoms. The molecule has 0 amide bonds. The van der Waals surface area contributed by atoms with Gasteiger partial charge in [0, 0.05) is 27.7 Å². The molecule has 0 aliphatic carbocycles. The van der Waals surface area contributed by atoms with E-state index in [9.17, 15) is 4.79 Å². The number of benzene rings is 1. The van der Waals surface area contributed by atoms with Gasteiger partial charge in [-0.1, -0.05) is 40.7 Å². The van der Waals surface area contributed by atoms with Gasteiger partial charge in [0.25, 0.3) is 5.56 Å². The van der Waals surface area contributed by atoms with Crippen LogP contribution in [0.2, 0.25) is 0 Å². The fourth-order valence-corrected chi connectivity index (χ4v) is 3.41. The molecule has 0 aliphatic heterocycles. The molecule has 106 valence electrons. The van der Waals surface area contributed by atoms with Crippen molar-refractivity contribution in [2.45, 2.75) is 29.9 Å². The van der Waals surface area contributed by atoms with Gasteiger partial charge in [-0.2, -0.15) is 0 Å². The third kappa shape index (κ3) is 3.94. The van der Waals surface area contributed by atoms with Gasteiger partial charge >= 0.3 is 0 Å². The average molecular weight is 354 g/mol. The van der Waals surface area contributed by atoms with Crippen molar-refractivity contribution in [2.24, 2.45) is 0 Å². The third-order valence-electron chi connectivity index (χ3n) is 2.81. The summed E-state index contributed by atoms with van der Waals surface area (Å²) >= 11 is 4.95. The minimum atomic E-state index is -0.140. The van der Waals surface area contributed by atoms with Crippen molar-refractivity contribution in [3.05, 3.63) is 50.9 Å². The quantitative estimate of drug-likeness (QED) is 0.809. The highest BCUT2D eigenvalue weighted by Gasteiger charge is 2.12. The molecule has 4 nitrogen and oxygen atoms in total. The van der Waals surface area contributed by atoms with Crippen LogP contribution in [0.15, 0.2) is 49.8 Å². The van der Waals surface area contributed by atoms with Crippen LogP contribution in [0.1, 0.15) is 25.5 Å². The number of nitrogens with zero attached hydrogens (tertiary/aromatic N) is 1. The van der Waals surface area contributed by atoms with Crippen LogP contribution in [0.4, 0.5) is 0 Å². The van der Waals surface area contributed by atoms with E-state index in [0.717, 1.165) is 15.9 Å². The molecule has 1 aromatic carbocycles. The predicted octanol–water partition coefficient (Wildman–Crippen LogP) is 3.35. The molecule has 1 aromatic heterocycles. The van der Waals surface area contributed by atoms with Crippen molar-refractivity contribution in [1.29, 1.82) is 0 Å². The standard InChI is InChI=1S/C14H16BrN3OS/c1-3-16-9(2)11-5-4-10(15)8-12(11)20-14-17-7-6-13(19)18-14/h4-9,16H,3H2,1-2H3,(H,17,18,19). The number of nitrogens with one attached hydrogen (secondary N) is 2. The Hall–Kier alpha value is -1.11. The van der Waals surface area contributed by atoms with Gasteiger partial charge in [0.2, 0.25) is 0 Å². The summed E-state index contributed by atoms with van der Waals surface area (Å²) in [6.45, 7) is 5.11. The first kappa shape index (κ1) is 15.3. The van der Waals surface area contributed by atoms with E-state index in [1.807, 2.05) is 12.1 Å². The fourth-order valence-electron chi connectivity index (χ4n) is 1.88. The molecule has 1 unspecified atom stereocenters. The molecule has 0 radical (unpaired) electrons. The SMILES string of the molecule is CCNC(C)c1ccc(Br)cc1Sc1nccc(=O)[nH]1. The maximum Gasteiger partial charge on any atom is 0.251 e. The number of aromatic amines is 1. The third-order valence-corrected chi connectivity index (χ3v) is 4.27. The number of hydrogen-bond acceptors (Lipinski definition) is 4. The van der Waals surface area contributed by atoms with Gasteiger partial charge in [-0.25, -0.2) is 4.98 Å². The van der Waals surface area contributed by atoms with Crippen molar-refractivity contribution in [3.8, 4) is 0 Å². The van der Waals surface area contributed by atoms with Crippen molar-refractivity contribution >= 4 is 27.7 Å². The molecule has 6 heteroatoms. The zero-order valence-corrected chi connectivity index (χ0v) is 13.7. The molecule has 0 spiro atoms. The first-order chi connectivity index (χ1) is 9.60. The maximum absolute atomic E-state index is 11.3. The number of hydrogen-bond donors (Lipinski definition) is 2. The van der Waals surface area contributed by atoms with Crippen LogP contribution in [0.5, 0.6) is 0 Å². The summed E-state index contributed by atoms with van der Waals surface area (Å²) in [5.41, 5.74) is 1.05. The van der Waals surface area contributed by atoms with Crippen LogP contribution in [-0.4, -0.2) is 16.5 Å². The second kappa shape index (κ2) is 7.06. The van der Waals surface area contributed by atoms with E-state index in [0.29, 0.717) is 5.16 Å². The van der Waals surface area contributed by atoms with Crippen LogP contribution in [0.25, 0.3) is 0 Å². The normalized spacial score (nSPS) is 12.3. The molecule has 1 heterocycles. The zero-order valence-electron chi connectivity index (χ0n) is 11.3. The lowest BCUT2D eigenvalue weighted by atomic mass is 10.1. The Bertz CT molecular complexity index is 644. The maximum atomic E-state index is 11.3. The molecule has 0 saturated carbocycles. The lowest BCUT2D eigenvalue weighted by Crippen LogP contribution is -2.18. The van der Waals surface area contributed by atoms with E-state index in [-0.39, 0.29) is 11.6 Å². The van der Waals surface area contributed by atoms with Crippen molar-refractivity contribution in [2.75, 3.05) is 6.54 Å². The van der Waals surface area contributed by atoms with Gasteiger partial charge in [0.05, 0.1) is 0 Å². The highest BCUT2D eigenvalue weighted by Crippen LogP contribution is 2.33. The van der Waals surface area contributed by atoms with Gasteiger partial charge in [-0.3, -0.25) is 4.79 Å². The Labute approximate surface area is 130 Å². The minimum absolute atomic E-state index is 0.140. The fraction of sp³-hybridized carbons (Fsp3) is 0.286. The summed E-state index contributed by atoms with van der Waals surface area (Å²) in [5.74, 6) is 0. The van der Waals surface area contributed by atoms with E-state index in [2.05, 4.69) is 51.1 Å². The first-order valence-corrected chi connectivity index (χ1v) is 7.97. The highest BCUT2D eigenvalue weighted by atomic mass is 79.9. The second-order valence-corrected chi connectivity index (χ2v) is 6.25. The molecule has 0 aliphatic rings. The summed E-state index contributed by atoms with van der Waals surface area (Å²) in [4.78, 5) is 19.3. The van der Waals surface area contributed by atoms with Gasteiger partial charge in [0.1, 0.15) is 0 Å². The zero-order chi connectivity index (χ0) is 14.5. The molecule has 2 rings (SSSR count). The summed E-state index contributed by atoms with van der Waals surface area (Å²) in [6, 6.07) is 7.80. The Balaban J connectivity index is 2.34. The number of halogens is 1. The summed E-state index contributed by atoms with van der Waals surface area (Å²) in [6.07, 6.45) is 1.52. The lowest BCUT2D eigenvalue weighted by molar-refractivity contribution is 0.589. The van der Waals surface area contributed by atoms with Crippen molar-refractivity contribution in [3.63, 3.8) is 0 Å². The van der Waals surface area contributed by atoms with Gasteiger partial charge in [-0.15, -0.1) is 0 Å². The van der Waals surface area contributed by atoms with Gasteiger partial charge < -0.3 is 10.3 Å². The van der Waals surface area contributed by atoms with Crippen molar-refractivity contribution in [1.82, 2.24) is 15.3 Å². The van der Waals surface area contributed by atoms with Crippen LogP contribution >= 0.6 is 27.7 Å². The topological polar surface area (TPSA) is 57.8 Å². The van der Waals surface area contributed by atoms with E-state index >= 15 is 0 Å². The Morgan fingerprint density at radius 2 is 2.25 bits per heavy atom. The Kier molecular flexibility index (Phi) is 5.39. The van der Waals surface area contributed by atoms with Crippen molar-refractivity contribution < 1.29 is 0 Å². The number of H-pyrrole nitrogens is 1. The van der Waals surface area contributed by atoms with E-state index < -0.39 is 0 Å². The first-order valence-electron chi connectivity index (χ1n) is 6.36. The average Bonchev–Trinajstić information content (AvgIpc) is 2.39. The largest absolute Gasteiger partial charge is 0.310 e. The minimum Gasteiger partial charge on any atom is -0.310 e. The summed E-state index contributed by atoms with van der Waals surface area (Å²) < 4.78 is 1.01. The molecule has 0 saturated heterocycles.